The number of nitro benzene ring substituents is 1. The maximum Gasteiger partial charge on any atom is 0.278 e. The molecule has 2 rings (SSSR count). The van der Waals surface area contributed by atoms with E-state index in [1.54, 1.807) is 36.2 Å². The van der Waals surface area contributed by atoms with E-state index in [4.69, 9.17) is 4.74 Å². The van der Waals surface area contributed by atoms with Gasteiger partial charge in [-0.05, 0) is 18.2 Å². The molecule has 0 N–H and O–H groups in total. The first-order chi connectivity index (χ1) is 9.11. The first kappa shape index (κ1) is 13.7. The number of hydrogen-bond donors (Lipinski definition) is 0. The van der Waals surface area contributed by atoms with Crippen molar-refractivity contribution in [2.75, 3.05) is 13.7 Å². The van der Waals surface area contributed by atoms with Crippen molar-refractivity contribution in [2.24, 2.45) is 0 Å². The number of rotatable bonds is 5. The summed E-state index contributed by atoms with van der Waals surface area (Å²) in [7, 11) is 1.61. The SMILES string of the molecule is COCCn1ccc(-c2cc(Br)ccc2[N+](=O)[O-])n1. The van der Waals surface area contributed by atoms with Crippen LogP contribution in [0.4, 0.5) is 5.69 Å². The Hall–Kier alpha value is -1.73. The minimum atomic E-state index is -0.407. The topological polar surface area (TPSA) is 70.2 Å². The maximum atomic E-state index is 11.0. The number of nitrogens with zero attached hydrogens (tertiary/aromatic N) is 3. The molecule has 2 aromatic rings. The molecular formula is C12H12BrN3O3. The minimum Gasteiger partial charge on any atom is -0.383 e. The lowest BCUT2D eigenvalue weighted by Gasteiger charge is -2.01. The molecule has 0 spiro atoms. The monoisotopic (exact) mass is 325 g/mol. The summed E-state index contributed by atoms with van der Waals surface area (Å²) in [4.78, 5) is 10.6. The summed E-state index contributed by atoms with van der Waals surface area (Å²) in [6.45, 7) is 1.15. The van der Waals surface area contributed by atoms with Crippen molar-refractivity contribution >= 4 is 21.6 Å². The van der Waals surface area contributed by atoms with Crippen LogP contribution in [0.25, 0.3) is 11.3 Å². The second kappa shape index (κ2) is 5.94. The predicted molar refractivity (Wildman–Crippen MR) is 73.9 cm³/mol. The second-order valence-electron chi connectivity index (χ2n) is 3.88. The van der Waals surface area contributed by atoms with Crippen LogP contribution in [-0.4, -0.2) is 28.4 Å². The summed E-state index contributed by atoms with van der Waals surface area (Å²) < 4.78 is 7.44. The van der Waals surface area contributed by atoms with E-state index in [1.165, 1.54) is 6.07 Å². The van der Waals surface area contributed by atoms with Crippen molar-refractivity contribution < 1.29 is 9.66 Å². The highest BCUT2D eigenvalue weighted by molar-refractivity contribution is 9.10. The first-order valence-corrected chi connectivity index (χ1v) is 6.38. The van der Waals surface area contributed by atoms with E-state index in [1.807, 2.05) is 0 Å². The van der Waals surface area contributed by atoms with Crippen molar-refractivity contribution in [3.8, 4) is 11.3 Å². The van der Waals surface area contributed by atoms with Gasteiger partial charge >= 0.3 is 0 Å². The van der Waals surface area contributed by atoms with Crippen LogP contribution >= 0.6 is 15.9 Å². The Morgan fingerprint density at radius 2 is 2.26 bits per heavy atom. The molecule has 6 nitrogen and oxygen atoms in total. The smallest absolute Gasteiger partial charge is 0.278 e. The van der Waals surface area contributed by atoms with Gasteiger partial charge in [-0.2, -0.15) is 5.10 Å². The van der Waals surface area contributed by atoms with Crippen LogP contribution in [0, 0.1) is 10.1 Å². The molecule has 0 aliphatic rings. The maximum absolute atomic E-state index is 11.0. The molecule has 7 heteroatoms. The third-order valence-corrected chi connectivity index (χ3v) is 3.09. The molecule has 0 radical (unpaired) electrons. The molecular weight excluding hydrogens is 314 g/mol. The molecule has 0 bridgehead atoms. The van der Waals surface area contributed by atoms with Crippen LogP contribution in [-0.2, 0) is 11.3 Å². The number of benzene rings is 1. The van der Waals surface area contributed by atoms with Crippen LogP contribution < -0.4 is 0 Å². The fourth-order valence-electron chi connectivity index (χ4n) is 1.69. The fraction of sp³-hybridized carbons (Fsp3) is 0.250. The zero-order valence-electron chi connectivity index (χ0n) is 10.2. The summed E-state index contributed by atoms with van der Waals surface area (Å²) in [6.07, 6.45) is 1.78. The van der Waals surface area contributed by atoms with E-state index in [-0.39, 0.29) is 5.69 Å². The van der Waals surface area contributed by atoms with Crippen molar-refractivity contribution in [3.63, 3.8) is 0 Å². The Kier molecular flexibility index (Phi) is 4.28. The lowest BCUT2D eigenvalue weighted by atomic mass is 10.1. The largest absolute Gasteiger partial charge is 0.383 e. The van der Waals surface area contributed by atoms with Gasteiger partial charge in [-0.15, -0.1) is 0 Å². The molecule has 1 aromatic carbocycles. The molecule has 0 atom stereocenters. The van der Waals surface area contributed by atoms with Crippen LogP contribution in [0.5, 0.6) is 0 Å². The summed E-state index contributed by atoms with van der Waals surface area (Å²) in [5, 5.41) is 15.3. The Morgan fingerprint density at radius 3 is 2.95 bits per heavy atom. The molecule has 19 heavy (non-hydrogen) atoms. The molecule has 0 fully saturated rings. The lowest BCUT2D eigenvalue weighted by molar-refractivity contribution is -0.384. The van der Waals surface area contributed by atoms with Gasteiger partial charge in [-0.1, -0.05) is 15.9 Å². The average molecular weight is 326 g/mol. The molecule has 1 heterocycles. The molecule has 0 aliphatic carbocycles. The highest BCUT2D eigenvalue weighted by Gasteiger charge is 2.17. The summed E-state index contributed by atoms with van der Waals surface area (Å²) in [5.74, 6) is 0. The van der Waals surface area contributed by atoms with E-state index < -0.39 is 4.92 Å². The fourth-order valence-corrected chi connectivity index (χ4v) is 2.05. The Balaban J connectivity index is 2.37. The molecule has 0 saturated heterocycles. The van der Waals surface area contributed by atoms with Crippen LogP contribution in [0.3, 0.4) is 0 Å². The Labute approximate surface area is 118 Å². The molecule has 1 aromatic heterocycles. The van der Waals surface area contributed by atoms with Gasteiger partial charge in [0.25, 0.3) is 5.69 Å². The summed E-state index contributed by atoms with van der Waals surface area (Å²) in [5.41, 5.74) is 1.11. The Morgan fingerprint density at radius 1 is 1.47 bits per heavy atom. The van der Waals surface area contributed by atoms with Gasteiger partial charge in [0, 0.05) is 23.8 Å². The highest BCUT2D eigenvalue weighted by atomic mass is 79.9. The van der Waals surface area contributed by atoms with E-state index in [0.29, 0.717) is 24.4 Å². The van der Waals surface area contributed by atoms with Gasteiger partial charge in [-0.3, -0.25) is 14.8 Å². The predicted octanol–water partition coefficient (Wildman–Crippen LogP) is 2.87. The van der Waals surface area contributed by atoms with Crippen molar-refractivity contribution in [1.82, 2.24) is 9.78 Å². The molecule has 0 unspecified atom stereocenters. The third-order valence-electron chi connectivity index (χ3n) is 2.60. The van der Waals surface area contributed by atoms with Gasteiger partial charge < -0.3 is 4.74 Å². The zero-order valence-corrected chi connectivity index (χ0v) is 11.8. The second-order valence-corrected chi connectivity index (χ2v) is 4.79. The zero-order chi connectivity index (χ0) is 13.8. The third kappa shape index (κ3) is 3.18. The molecule has 0 aliphatic heterocycles. The number of methoxy groups -OCH3 is 1. The van der Waals surface area contributed by atoms with Crippen LogP contribution in [0.15, 0.2) is 34.9 Å². The number of aromatic nitrogens is 2. The van der Waals surface area contributed by atoms with Crippen LogP contribution in [0.1, 0.15) is 0 Å². The van der Waals surface area contributed by atoms with Crippen molar-refractivity contribution in [2.45, 2.75) is 6.54 Å². The molecule has 0 amide bonds. The van der Waals surface area contributed by atoms with Crippen LogP contribution in [0.2, 0.25) is 0 Å². The summed E-state index contributed by atoms with van der Waals surface area (Å²) >= 11 is 3.31. The molecule has 100 valence electrons. The van der Waals surface area contributed by atoms with E-state index in [9.17, 15) is 10.1 Å². The number of hydrogen-bond acceptors (Lipinski definition) is 4. The standard InChI is InChI=1S/C12H12BrN3O3/c1-19-7-6-15-5-4-11(14-15)10-8-9(13)2-3-12(10)16(17)18/h2-5,8H,6-7H2,1H3. The number of halogens is 1. The van der Waals surface area contributed by atoms with Crippen molar-refractivity contribution in [1.29, 1.82) is 0 Å². The van der Waals surface area contributed by atoms with Gasteiger partial charge in [0.15, 0.2) is 0 Å². The van der Waals surface area contributed by atoms with Gasteiger partial charge in [0.2, 0.25) is 0 Å². The normalized spacial score (nSPS) is 10.6. The first-order valence-electron chi connectivity index (χ1n) is 5.58. The van der Waals surface area contributed by atoms with Gasteiger partial charge in [0.1, 0.15) is 0 Å². The highest BCUT2D eigenvalue weighted by Crippen LogP contribution is 2.31. The minimum absolute atomic E-state index is 0.0418. The average Bonchev–Trinajstić information content (AvgIpc) is 2.84. The van der Waals surface area contributed by atoms with E-state index in [2.05, 4.69) is 21.0 Å². The Bertz CT molecular complexity index is 598. The lowest BCUT2D eigenvalue weighted by Crippen LogP contribution is -2.04. The van der Waals surface area contributed by atoms with Crippen molar-refractivity contribution in [3.05, 3.63) is 45.0 Å². The molecule has 0 saturated carbocycles. The number of ether oxygens (including phenoxy) is 1. The van der Waals surface area contributed by atoms with E-state index in [0.717, 1.165) is 4.47 Å². The van der Waals surface area contributed by atoms with E-state index >= 15 is 0 Å². The number of nitro groups is 1. The summed E-state index contributed by atoms with van der Waals surface area (Å²) in [6, 6.07) is 6.56. The quantitative estimate of drug-likeness (QED) is 0.626. The van der Waals surface area contributed by atoms with Gasteiger partial charge in [-0.25, -0.2) is 0 Å². The van der Waals surface area contributed by atoms with Gasteiger partial charge in [0.05, 0.1) is 29.3 Å².